The molecule has 0 spiro atoms. The molecule has 35 heavy (non-hydrogen) atoms. The highest BCUT2D eigenvalue weighted by molar-refractivity contribution is 5.56. The van der Waals surface area contributed by atoms with Crippen LogP contribution in [-0.4, -0.2) is 36.4 Å². The number of allylic oxidation sites excluding steroid dienone is 1. The predicted molar refractivity (Wildman–Crippen MR) is 145 cm³/mol. The Morgan fingerprint density at radius 3 is 2.00 bits per heavy atom. The minimum Gasteiger partial charge on any atom is -0.494 e. The van der Waals surface area contributed by atoms with Gasteiger partial charge in [0.15, 0.2) is 11.6 Å². The fourth-order valence-corrected chi connectivity index (χ4v) is 3.67. The summed E-state index contributed by atoms with van der Waals surface area (Å²) >= 11 is 0. The van der Waals surface area contributed by atoms with E-state index in [9.17, 15) is 0 Å². The molecule has 0 aliphatic carbocycles. The summed E-state index contributed by atoms with van der Waals surface area (Å²) in [6, 6.07) is 7.93. The smallest absolute Gasteiger partial charge is 0.159 e. The van der Waals surface area contributed by atoms with Crippen LogP contribution in [0.25, 0.3) is 11.4 Å². The molecule has 0 aliphatic heterocycles. The lowest BCUT2D eigenvalue weighted by Gasteiger charge is -2.08. The molecule has 2 aromatic rings. The highest BCUT2D eigenvalue weighted by Gasteiger charge is 2.03. The summed E-state index contributed by atoms with van der Waals surface area (Å²) in [5, 5.41) is 0. The van der Waals surface area contributed by atoms with E-state index >= 15 is 0 Å². The van der Waals surface area contributed by atoms with Crippen molar-refractivity contribution in [3.63, 3.8) is 0 Å². The van der Waals surface area contributed by atoms with Crippen LogP contribution < -0.4 is 9.47 Å². The number of benzene rings is 1. The van der Waals surface area contributed by atoms with Crippen LogP contribution in [0.15, 0.2) is 48.8 Å². The first-order valence-corrected chi connectivity index (χ1v) is 13.7. The van der Waals surface area contributed by atoms with Gasteiger partial charge in [0.2, 0.25) is 0 Å². The van der Waals surface area contributed by atoms with Crippen molar-refractivity contribution in [1.29, 1.82) is 0 Å². The van der Waals surface area contributed by atoms with Gasteiger partial charge in [0.25, 0.3) is 0 Å². The van der Waals surface area contributed by atoms with E-state index < -0.39 is 0 Å². The third kappa shape index (κ3) is 13.9. The third-order valence-corrected chi connectivity index (χ3v) is 5.82. The largest absolute Gasteiger partial charge is 0.494 e. The second kappa shape index (κ2) is 19.9. The second-order valence-electron chi connectivity index (χ2n) is 8.98. The normalized spacial score (nSPS) is 11.3. The Morgan fingerprint density at radius 2 is 1.26 bits per heavy atom. The standard InChI is InChI=1S/C30H46N2O3/c1-3-5-7-8-9-10-11-12-14-23-35-29-25-31-30(32-26-29)27-17-19-28(20-18-27)34-24-16-15-22-33-21-13-6-4-2/h12,14,17-20,25-26H,3-11,13,15-16,21-24H2,1-2H3. The average Bonchev–Trinajstić information content (AvgIpc) is 2.89. The summed E-state index contributed by atoms with van der Waals surface area (Å²) in [5.41, 5.74) is 0.961. The van der Waals surface area contributed by atoms with Crippen molar-refractivity contribution in [1.82, 2.24) is 9.97 Å². The SMILES string of the molecule is CCCCCCCCC=CCOc1cnc(-c2ccc(OCCCCOCCCCC)cc2)nc1. The van der Waals surface area contributed by atoms with E-state index in [1.807, 2.05) is 24.3 Å². The number of aromatic nitrogens is 2. The first kappa shape index (κ1) is 28.8. The van der Waals surface area contributed by atoms with Gasteiger partial charge in [-0.15, -0.1) is 0 Å². The molecule has 0 N–H and O–H groups in total. The fraction of sp³-hybridized carbons (Fsp3) is 0.600. The summed E-state index contributed by atoms with van der Waals surface area (Å²) in [6.45, 7) is 7.41. The highest BCUT2D eigenvalue weighted by atomic mass is 16.5. The topological polar surface area (TPSA) is 53.5 Å². The van der Waals surface area contributed by atoms with Crippen molar-refractivity contribution >= 4 is 0 Å². The first-order valence-electron chi connectivity index (χ1n) is 13.7. The molecule has 0 fully saturated rings. The molecule has 0 saturated carbocycles. The Bertz CT molecular complexity index is 775. The maximum absolute atomic E-state index is 5.84. The van der Waals surface area contributed by atoms with Crippen LogP contribution in [0.4, 0.5) is 0 Å². The highest BCUT2D eigenvalue weighted by Crippen LogP contribution is 2.20. The molecule has 194 valence electrons. The van der Waals surface area contributed by atoms with Gasteiger partial charge >= 0.3 is 0 Å². The van der Waals surface area contributed by atoms with Crippen molar-refractivity contribution in [2.45, 2.75) is 90.9 Å². The summed E-state index contributed by atoms with van der Waals surface area (Å²) in [6.07, 6.45) is 22.5. The quantitative estimate of drug-likeness (QED) is 0.133. The third-order valence-electron chi connectivity index (χ3n) is 5.82. The summed E-state index contributed by atoms with van der Waals surface area (Å²) in [4.78, 5) is 8.90. The average molecular weight is 483 g/mol. The van der Waals surface area contributed by atoms with Gasteiger partial charge in [-0.2, -0.15) is 0 Å². The van der Waals surface area contributed by atoms with Crippen molar-refractivity contribution in [2.75, 3.05) is 26.4 Å². The van der Waals surface area contributed by atoms with Gasteiger partial charge in [0.05, 0.1) is 19.0 Å². The van der Waals surface area contributed by atoms with Crippen LogP contribution in [0.2, 0.25) is 0 Å². The zero-order valence-electron chi connectivity index (χ0n) is 22.1. The Labute approximate surface area is 213 Å². The molecule has 5 heteroatoms. The molecule has 1 heterocycles. The predicted octanol–water partition coefficient (Wildman–Crippen LogP) is 8.20. The van der Waals surface area contributed by atoms with E-state index in [1.54, 1.807) is 12.4 Å². The second-order valence-corrected chi connectivity index (χ2v) is 8.98. The maximum Gasteiger partial charge on any atom is 0.159 e. The number of hydrogen-bond acceptors (Lipinski definition) is 5. The molecule has 0 atom stereocenters. The minimum absolute atomic E-state index is 0.551. The number of nitrogens with zero attached hydrogens (tertiary/aromatic N) is 2. The Kier molecular flexibility index (Phi) is 16.4. The molecule has 0 unspecified atom stereocenters. The van der Waals surface area contributed by atoms with Crippen LogP contribution in [0.5, 0.6) is 11.5 Å². The van der Waals surface area contributed by atoms with Crippen LogP contribution in [-0.2, 0) is 4.74 Å². The van der Waals surface area contributed by atoms with E-state index in [2.05, 4.69) is 36.0 Å². The summed E-state index contributed by atoms with van der Waals surface area (Å²) in [5.74, 6) is 2.24. The molecule has 1 aromatic carbocycles. The van der Waals surface area contributed by atoms with E-state index in [4.69, 9.17) is 14.2 Å². The van der Waals surface area contributed by atoms with Crippen molar-refractivity contribution in [2.24, 2.45) is 0 Å². The summed E-state index contributed by atoms with van der Waals surface area (Å²) < 4.78 is 17.2. The first-order chi connectivity index (χ1) is 17.3. The van der Waals surface area contributed by atoms with E-state index in [0.29, 0.717) is 24.8 Å². The lowest BCUT2D eigenvalue weighted by atomic mass is 10.1. The molecule has 2 rings (SSSR count). The van der Waals surface area contributed by atoms with Gasteiger partial charge in [-0.1, -0.05) is 70.9 Å². The number of rotatable bonds is 21. The molecule has 5 nitrogen and oxygen atoms in total. The Balaban J connectivity index is 1.58. The molecule has 0 saturated heterocycles. The zero-order chi connectivity index (χ0) is 24.8. The minimum atomic E-state index is 0.551. The molecule has 0 amide bonds. The van der Waals surface area contributed by atoms with Crippen LogP contribution in [0.3, 0.4) is 0 Å². The van der Waals surface area contributed by atoms with Crippen LogP contribution in [0.1, 0.15) is 90.9 Å². The number of unbranched alkanes of at least 4 members (excludes halogenated alkanes) is 9. The van der Waals surface area contributed by atoms with Crippen molar-refractivity contribution < 1.29 is 14.2 Å². The zero-order valence-corrected chi connectivity index (χ0v) is 22.1. The molecular formula is C30H46N2O3. The van der Waals surface area contributed by atoms with E-state index in [1.165, 1.54) is 51.4 Å². The van der Waals surface area contributed by atoms with Gasteiger partial charge in [-0.25, -0.2) is 9.97 Å². The molecular weight excluding hydrogens is 436 g/mol. The number of hydrogen-bond donors (Lipinski definition) is 0. The Hall–Kier alpha value is -2.40. The van der Waals surface area contributed by atoms with Gasteiger partial charge in [0.1, 0.15) is 12.4 Å². The van der Waals surface area contributed by atoms with Crippen LogP contribution >= 0.6 is 0 Å². The van der Waals surface area contributed by atoms with Gasteiger partial charge in [0, 0.05) is 18.8 Å². The van der Waals surface area contributed by atoms with Crippen molar-refractivity contribution in [3.05, 3.63) is 48.8 Å². The van der Waals surface area contributed by atoms with E-state index in [-0.39, 0.29) is 0 Å². The number of ether oxygens (including phenoxy) is 3. The molecule has 0 bridgehead atoms. The summed E-state index contributed by atoms with van der Waals surface area (Å²) in [7, 11) is 0. The van der Waals surface area contributed by atoms with Crippen molar-refractivity contribution in [3.8, 4) is 22.9 Å². The maximum atomic E-state index is 5.84. The lowest BCUT2D eigenvalue weighted by Crippen LogP contribution is -2.02. The Morgan fingerprint density at radius 1 is 0.629 bits per heavy atom. The molecule has 1 aromatic heterocycles. The van der Waals surface area contributed by atoms with Gasteiger partial charge in [-0.05, 0) is 56.4 Å². The monoisotopic (exact) mass is 482 g/mol. The fourth-order valence-electron chi connectivity index (χ4n) is 3.67. The van der Waals surface area contributed by atoms with E-state index in [0.717, 1.165) is 50.2 Å². The lowest BCUT2D eigenvalue weighted by molar-refractivity contribution is 0.123. The van der Waals surface area contributed by atoms with Crippen LogP contribution in [0, 0.1) is 0 Å². The molecule has 0 radical (unpaired) electrons. The molecule has 0 aliphatic rings. The van der Waals surface area contributed by atoms with Gasteiger partial charge in [-0.3, -0.25) is 0 Å². The van der Waals surface area contributed by atoms with Gasteiger partial charge < -0.3 is 14.2 Å².